The Kier molecular flexibility index (Phi) is 6.80. The standard InChI is InChI=1S/C23H31N3O2/c1-17(2)28-22-10-6-20(7-11-22)25-23(27)16-24-19-4-8-21(9-5-19)26-14-12-18(3)13-15-26/h4-11,17-18,24H,12-16H2,1-3H3,(H,25,27). The van der Waals surface area contributed by atoms with Crippen molar-refractivity contribution in [1.29, 1.82) is 0 Å². The number of piperidine rings is 1. The topological polar surface area (TPSA) is 53.6 Å². The Balaban J connectivity index is 1.45. The van der Waals surface area contributed by atoms with E-state index < -0.39 is 0 Å². The van der Waals surface area contributed by atoms with Crippen molar-refractivity contribution in [3.05, 3.63) is 48.5 Å². The van der Waals surface area contributed by atoms with Crippen LogP contribution >= 0.6 is 0 Å². The van der Waals surface area contributed by atoms with Crippen molar-refractivity contribution in [3.63, 3.8) is 0 Å². The molecule has 0 aliphatic carbocycles. The van der Waals surface area contributed by atoms with Gasteiger partial charge in [-0.2, -0.15) is 0 Å². The first-order valence-corrected chi connectivity index (χ1v) is 10.1. The second-order valence-corrected chi connectivity index (χ2v) is 7.81. The zero-order valence-corrected chi connectivity index (χ0v) is 17.1. The number of hydrogen-bond acceptors (Lipinski definition) is 4. The Morgan fingerprint density at radius 3 is 2.25 bits per heavy atom. The minimum atomic E-state index is -0.0772. The lowest BCUT2D eigenvalue weighted by Gasteiger charge is -2.32. The molecule has 5 heteroatoms. The maximum absolute atomic E-state index is 12.2. The highest BCUT2D eigenvalue weighted by Gasteiger charge is 2.15. The zero-order valence-electron chi connectivity index (χ0n) is 17.1. The van der Waals surface area contributed by atoms with E-state index in [9.17, 15) is 4.79 Å². The molecule has 0 spiro atoms. The van der Waals surface area contributed by atoms with Gasteiger partial charge in [-0.25, -0.2) is 0 Å². The molecule has 1 amide bonds. The summed E-state index contributed by atoms with van der Waals surface area (Å²) in [6.45, 7) is 8.77. The van der Waals surface area contributed by atoms with E-state index in [1.807, 2.05) is 50.2 Å². The van der Waals surface area contributed by atoms with Crippen LogP contribution in [0.2, 0.25) is 0 Å². The van der Waals surface area contributed by atoms with Crippen molar-refractivity contribution in [2.24, 2.45) is 5.92 Å². The van der Waals surface area contributed by atoms with Crippen molar-refractivity contribution < 1.29 is 9.53 Å². The van der Waals surface area contributed by atoms with Gasteiger partial charge >= 0.3 is 0 Å². The molecule has 2 aromatic carbocycles. The van der Waals surface area contributed by atoms with Crippen LogP contribution in [0, 0.1) is 5.92 Å². The molecule has 0 bridgehead atoms. The maximum atomic E-state index is 12.2. The molecule has 3 rings (SSSR count). The number of nitrogens with zero attached hydrogens (tertiary/aromatic N) is 1. The van der Waals surface area contributed by atoms with E-state index >= 15 is 0 Å². The molecule has 1 fully saturated rings. The second-order valence-electron chi connectivity index (χ2n) is 7.81. The van der Waals surface area contributed by atoms with Crippen molar-refractivity contribution in [1.82, 2.24) is 0 Å². The highest BCUT2D eigenvalue weighted by Crippen LogP contribution is 2.24. The van der Waals surface area contributed by atoms with Gasteiger partial charge in [0.1, 0.15) is 5.75 Å². The number of nitrogens with one attached hydrogen (secondary N) is 2. The summed E-state index contributed by atoms with van der Waals surface area (Å²) in [5, 5.41) is 6.08. The number of hydrogen-bond donors (Lipinski definition) is 2. The molecule has 1 aliphatic rings. The molecule has 1 aliphatic heterocycles. The third-order valence-corrected chi connectivity index (χ3v) is 4.98. The highest BCUT2D eigenvalue weighted by atomic mass is 16.5. The smallest absolute Gasteiger partial charge is 0.243 e. The predicted octanol–water partition coefficient (Wildman–Crippen LogP) is 4.76. The number of rotatable bonds is 7. The summed E-state index contributed by atoms with van der Waals surface area (Å²) in [4.78, 5) is 14.6. The molecule has 2 aromatic rings. The molecular weight excluding hydrogens is 350 g/mol. The lowest BCUT2D eigenvalue weighted by atomic mass is 9.99. The summed E-state index contributed by atoms with van der Waals surface area (Å²) in [5.41, 5.74) is 2.97. The number of carbonyl (C=O) groups is 1. The molecule has 150 valence electrons. The maximum Gasteiger partial charge on any atom is 0.243 e. The van der Waals surface area contributed by atoms with Crippen molar-refractivity contribution in [3.8, 4) is 5.75 Å². The average molecular weight is 382 g/mol. The fourth-order valence-corrected chi connectivity index (χ4v) is 3.33. The second kappa shape index (κ2) is 9.49. The van der Waals surface area contributed by atoms with Crippen LogP contribution in [0.4, 0.5) is 17.1 Å². The molecule has 2 N–H and O–H groups in total. The third-order valence-electron chi connectivity index (χ3n) is 4.98. The van der Waals surface area contributed by atoms with Gasteiger partial charge in [-0.3, -0.25) is 4.79 Å². The lowest BCUT2D eigenvalue weighted by Crippen LogP contribution is -2.32. The van der Waals surface area contributed by atoms with Gasteiger partial charge in [-0.05, 0) is 81.1 Å². The Labute approximate surface area is 168 Å². The van der Waals surface area contributed by atoms with Gasteiger partial charge in [0.15, 0.2) is 0 Å². The van der Waals surface area contributed by atoms with Crippen LogP contribution in [-0.2, 0) is 4.79 Å². The quantitative estimate of drug-likeness (QED) is 0.726. The summed E-state index contributed by atoms with van der Waals surface area (Å²) in [7, 11) is 0. The number of ether oxygens (including phenoxy) is 1. The van der Waals surface area contributed by atoms with Gasteiger partial charge in [0.05, 0.1) is 12.6 Å². The SMILES string of the molecule is CC1CCN(c2ccc(NCC(=O)Nc3ccc(OC(C)C)cc3)cc2)CC1. The van der Waals surface area contributed by atoms with Gasteiger partial charge < -0.3 is 20.3 Å². The molecular formula is C23H31N3O2. The number of amides is 1. The number of carbonyl (C=O) groups excluding carboxylic acids is 1. The zero-order chi connectivity index (χ0) is 19.9. The van der Waals surface area contributed by atoms with Crippen molar-refractivity contribution in [2.75, 3.05) is 35.2 Å². The first-order chi connectivity index (χ1) is 13.5. The van der Waals surface area contributed by atoms with Gasteiger partial charge in [0.25, 0.3) is 0 Å². The monoisotopic (exact) mass is 381 g/mol. The molecule has 0 atom stereocenters. The van der Waals surface area contributed by atoms with E-state index in [1.54, 1.807) is 0 Å². The Bertz CT molecular complexity index is 748. The number of benzene rings is 2. The van der Waals surface area contributed by atoms with E-state index in [0.29, 0.717) is 0 Å². The third kappa shape index (κ3) is 5.91. The first-order valence-electron chi connectivity index (χ1n) is 10.1. The molecule has 0 aromatic heterocycles. The molecule has 5 nitrogen and oxygen atoms in total. The molecule has 28 heavy (non-hydrogen) atoms. The van der Waals surface area contributed by atoms with Gasteiger partial charge in [-0.15, -0.1) is 0 Å². The lowest BCUT2D eigenvalue weighted by molar-refractivity contribution is -0.114. The van der Waals surface area contributed by atoms with Crippen LogP contribution in [0.1, 0.15) is 33.6 Å². The summed E-state index contributed by atoms with van der Waals surface area (Å²) < 4.78 is 5.61. The van der Waals surface area contributed by atoms with Crippen molar-refractivity contribution >= 4 is 23.0 Å². The van der Waals surface area contributed by atoms with Crippen LogP contribution < -0.4 is 20.3 Å². The average Bonchev–Trinajstić information content (AvgIpc) is 2.69. The Morgan fingerprint density at radius 1 is 1.04 bits per heavy atom. The highest BCUT2D eigenvalue weighted by molar-refractivity contribution is 5.93. The molecule has 0 radical (unpaired) electrons. The van der Waals surface area contributed by atoms with Crippen LogP contribution in [0.25, 0.3) is 0 Å². The van der Waals surface area contributed by atoms with Gasteiger partial charge in [0, 0.05) is 30.2 Å². The molecule has 1 heterocycles. The number of anilines is 3. The largest absolute Gasteiger partial charge is 0.491 e. The van der Waals surface area contributed by atoms with E-state index in [4.69, 9.17) is 4.74 Å². The summed E-state index contributed by atoms with van der Waals surface area (Å²) in [6.07, 6.45) is 2.64. The van der Waals surface area contributed by atoms with E-state index in [-0.39, 0.29) is 18.6 Å². The first kappa shape index (κ1) is 20.1. The van der Waals surface area contributed by atoms with Crippen LogP contribution in [0.3, 0.4) is 0 Å². The fourth-order valence-electron chi connectivity index (χ4n) is 3.33. The van der Waals surface area contributed by atoms with Crippen LogP contribution in [-0.4, -0.2) is 31.6 Å². The van der Waals surface area contributed by atoms with Crippen LogP contribution in [0.15, 0.2) is 48.5 Å². The molecule has 1 saturated heterocycles. The van der Waals surface area contributed by atoms with Gasteiger partial charge in [-0.1, -0.05) is 6.92 Å². The minimum Gasteiger partial charge on any atom is -0.491 e. The normalized spacial score (nSPS) is 14.8. The van der Waals surface area contributed by atoms with Gasteiger partial charge in [0.2, 0.25) is 5.91 Å². The van der Waals surface area contributed by atoms with Crippen LogP contribution in [0.5, 0.6) is 5.75 Å². The Hall–Kier alpha value is -2.69. The predicted molar refractivity (Wildman–Crippen MR) is 116 cm³/mol. The van der Waals surface area contributed by atoms with Crippen molar-refractivity contribution in [2.45, 2.75) is 39.7 Å². The van der Waals surface area contributed by atoms with E-state index in [0.717, 1.165) is 36.1 Å². The molecule has 0 saturated carbocycles. The summed E-state index contributed by atoms with van der Waals surface area (Å²) >= 11 is 0. The summed E-state index contributed by atoms with van der Waals surface area (Å²) in [5.74, 6) is 1.55. The minimum absolute atomic E-state index is 0.0772. The van der Waals surface area contributed by atoms with E-state index in [1.165, 1.54) is 18.5 Å². The molecule has 0 unspecified atom stereocenters. The van der Waals surface area contributed by atoms with E-state index in [2.05, 4.69) is 34.6 Å². The Morgan fingerprint density at radius 2 is 1.64 bits per heavy atom. The fraction of sp³-hybridized carbons (Fsp3) is 0.435. The summed E-state index contributed by atoms with van der Waals surface area (Å²) in [6, 6.07) is 15.8.